The van der Waals surface area contributed by atoms with Crippen molar-refractivity contribution in [3.8, 4) is 11.8 Å². The quantitative estimate of drug-likeness (QED) is 0.466. The molecule has 40 heavy (non-hydrogen) atoms. The summed E-state index contributed by atoms with van der Waals surface area (Å²) in [6, 6.07) is 12.9. The Kier molecular flexibility index (Phi) is 7.36. The summed E-state index contributed by atoms with van der Waals surface area (Å²) in [5.41, 5.74) is 3.38. The van der Waals surface area contributed by atoms with Crippen molar-refractivity contribution in [2.75, 3.05) is 44.7 Å². The second-order valence-corrected chi connectivity index (χ2v) is 11.6. The number of phenols is 1. The number of amides is 1. The number of anilines is 1. The van der Waals surface area contributed by atoms with E-state index in [2.05, 4.69) is 48.5 Å². The van der Waals surface area contributed by atoms with Crippen LogP contribution in [0, 0.1) is 0 Å². The average Bonchev–Trinajstić information content (AvgIpc) is 3.38. The first-order chi connectivity index (χ1) is 19.4. The maximum absolute atomic E-state index is 12.3. The molecule has 0 bridgehead atoms. The van der Waals surface area contributed by atoms with Crippen molar-refractivity contribution in [2.45, 2.75) is 57.0 Å². The molecule has 1 amide bonds. The number of phenolic OH excluding ortho intramolecular Hbond substituents is 1. The lowest BCUT2D eigenvalue weighted by atomic mass is 9.80. The largest absolute Gasteiger partial charge is 0.508 e. The van der Waals surface area contributed by atoms with Gasteiger partial charge in [-0.25, -0.2) is 0 Å². The fourth-order valence-corrected chi connectivity index (χ4v) is 6.77. The number of hydrogen-bond donors (Lipinski definition) is 1. The van der Waals surface area contributed by atoms with Crippen LogP contribution in [0.3, 0.4) is 0 Å². The number of likely N-dealkylation sites (N-methyl/N-ethyl adjacent to an activating group) is 1. The Labute approximate surface area is 236 Å². The molecule has 3 atom stereocenters. The van der Waals surface area contributed by atoms with Crippen LogP contribution in [0.25, 0.3) is 10.8 Å². The van der Waals surface area contributed by atoms with Crippen molar-refractivity contribution < 1.29 is 14.6 Å². The second kappa shape index (κ2) is 11.1. The Balaban J connectivity index is 1.33. The molecule has 0 radical (unpaired) electrons. The fraction of sp³-hybridized carbons (Fsp3) is 0.469. The molecule has 0 unspecified atom stereocenters. The van der Waals surface area contributed by atoms with Gasteiger partial charge in [0.2, 0.25) is 5.91 Å². The first-order valence-corrected chi connectivity index (χ1v) is 14.5. The Morgan fingerprint density at radius 2 is 2.02 bits per heavy atom. The lowest BCUT2D eigenvalue weighted by Crippen LogP contribution is -2.54. The summed E-state index contributed by atoms with van der Waals surface area (Å²) in [4.78, 5) is 28.8. The zero-order valence-corrected chi connectivity index (χ0v) is 23.6. The molecular formula is C32H39N5O3. The van der Waals surface area contributed by atoms with E-state index < -0.39 is 0 Å². The second-order valence-electron chi connectivity index (χ2n) is 11.6. The molecule has 2 aromatic carbocycles. The highest BCUT2D eigenvalue weighted by molar-refractivity contribution is 5.88. The third-order valence-corrected chi connectivity index (χ3v) is 9.01. The number of piperazine rings is 1. The molecule has 0 saturated carbocycles. The number of fused-ring (bicyclic) bond motifs is 2. The molecule has 8 nitrogen and oxygen atoms in total. The number of nitrogens with zero attached hydrogens (tertiary/aromatic N) is 5. The van der Waals surface area contributed by atoms with E-state index in [1.54, 1.807) is 0 Å². The molecule has 210 valence electrons. The Morgan fingerprint density at radius 1 is 1.18 bits per heavy atom. The zero-order chi connectivity index (χ0) is 27.8. The van der Waals surface area contributed by atoms with E-state index in [-0.39, 0.29) is 17.9 Å². The lowest BCUT2D eigenvalue weighted by Gasteiger charge is -2.41. The molecule has 3 heterocycles. The van der Waals surface area contributed by atoms with Gasteiger partial charge in [0.05, 0.1) is 5.69 Å². The first-order valence-electron chi connectivity index (χ1n) is 14.5. The number of likely N-dealkylation sites (tertiary alicyclic amines) is 1. The summed E-state index contributed by atoms with van der Waals surface area (Å²) in [7, 11) is 2.15. The van der Waals surface area contributed by atoms with Gasteiger partial charge in [0.25, 0.3) is 0 Å². The third-order valence-electron chi connectivity index (χ3n) is 9.01. The van der Waals surface area contributed by atoms with Crippen LogP contribution in [0.15, 0.2) is 49.1 Å². The van der Waals surface area contributed by atoms with Gasteiger partial charge in [0.1, 0.15) is 18.2 Å². The molecule has 1 N–H and O–H groups in total. The van der Waals surface area contributed by atoms with Gasteiger partial charge in [-0.2, -0.15) is 9.97 Å². The summed E-state index contributed by atoms with van der Waals surface area (Å²) in [6.45, 7) is 9.45. The molecule has 1 aliphatic carbocycles. The summed E-state index contributed by atoms with van der Waals surface area (Å²) < 4.78 is 6.29. The maximum Gasteiger partial charge on any atom is 0.318 e. The lowest BCUT2D eigenvalue weighted by molar-refractivity contribution is -0.126. The van der Waals surface area contributed by atoms with Crippen LogP contribution in [0.4, 0.5) is 5.82 Å². The zero-order valence-electron chi connectivity index (χ0n) is 23.6. The molecule has 6 rings (SSSR count). The summed E-state index contributed by atoms with van der Waals surface area (Å²) in [5, 5.41) is 12.7. The number of carbonyl (C=O) groups is 1. The Bertz CT molecular complexity index is 1430. The Hall–Kier alpha value is -3.65. The molecule has 1 aromatic heterocycles. The van der Waals surface area contributed by atoms with Gasteiger partial charge in [-0.3, -0.25) is 4.79 Å². The smallest absolute Gasteiger partial charge is 0.318 e. The molecule has 8 heteroatoms. The van der Waals surface area contributed by atoms with E-state index in [1.165, 1.54) is 29.0 Å². The summed E-state index contributed by atoms with van der Waals surface area (Å²) in [6.07, 6.45) is 6.27. The highest BCUT2D eigenvalue weighted by atomic mass is 16.5. The molecule has 3 aromatic rings. The topological polar surface area (TPSA) is 82.0 Å². The molecule has 3 aliphatic rings. The number of benzene rings is 2. The minimum atomic E-state index is -0.0258. The normalized spacial score (nSPS) is 23.3. The van der Waals surface area contributed by atoms with Gasteiger partial charge in [0, 0.05) is 37.3 Å². The Morgan fingerprint density at radius 3 is 2.80 bits per heavy atom. The third kappa shape index (κ3) is 5.12. The van der Waals surface area contributed by atoms with Gasteiger partial charge in [-0.1, -0.05) is 30.8 Å². The van der Waals surface area contributed by atoms with Crippen molar-refractivity contribution in [1.29, 1.82) is 0 Å². The van der Waals surface area contributed by atoms with Crippen LogP contribution in [0.1, 0.15) is 48.9 Å². The minimum absolute atomic E-state index is 0.0258. The van der Waals surface area contributed by atoms with Gasteiger partial charge in [-0.15, -0.1) is 0 Å². The van der Waals surface area contributed by atoms with E-state index in [0.29, 0.717) is 44.0 Å². The first kappa shape index (κ1) is 26.6. The van der Waals surface area contributed by atoms with E-state index in [4.69, 9.17) is 14.7 Å². The number of aromatic hydroxyl groups is 1. The highest BCUT2D eigenvalue weighted by Gasteiger charge is 2.33. The van der Waals surface area contributed by atoms with Gasteiger partial charge in [-0.05, 0) is 93.1 Å². The van der Waals surface area contributed by atoms with Gasteiger partial charge >= 0.3 is 6.01 Å². The van der Waals surface area contributed by atoms with Crippen LogP contribution >= 0.6 is 0 Å². The summed E-state index contributed by atoms with van der Waals surface area (Å²) >= 11 is 0. The number of ether oxygens (including phenoxy) is 1. The molecule has 0 spiro atoms. The predicted molar refractivity (Wildman–Crippen MR) is 157 cm³/mol. The molecule has 2 fully saturated rings. The SMILES string of the molecule is C=CC(=O)N1CCN(c2nc(OC[C@@H]3CCCN3C)nc3c2CC[C@@H](c2cc(O)cc4ccccc24)C3)[C@@H](C)C1. The van der Waals surface area contributed by atoms with E-state index in [0.717, 1.165) is 49.1 Å². The van der Waals surface area contributed by atoms with E-state index >= 15 is 0 Å². The molecular weight excluding hydrogens is 502 g/mol. The highest BCUT2D eigenvalue weighted by Crippen LogP contribution is 2.40. The number of rotatable bonds is 6. The number of aromatic nitrogens is 2. The van der Waals surface area contributed by atoms with Crippen molar-refractivity contribution in [2.24, 2.45) is 0 Å². The molecule has 2 aliphatic heterocycles. The average molecular weight is 542 g/mol. The number of carbonyl (C=O) groups excluding carboxylic acids is 1. The van der Waals surface area contributed by atoms with Crippen molar-refractivity contribution in [1.82, 2.24) is 19.8 Å². The fourth-order valence-electron chi connectivity index (χ4n) is 6.77. The maximum atomic E-state index is 12.3. The van der Waals surface area contributed by atoms with Crippen LogP contribution in [-0.2, 0) is 17.6 Å². The standard InChI is InChI=1S/C32H39N5O3/c1-4-30(39)36-14-15-37(21(2)19-36)31-27-12-11-23(28-18-25(38)16-22-8-5-6-10-26(22)28)17-29(27)33-32(34-31)40-20-24-9-7-13-35(24)3/h4-6,8,10,16,18,21,23-24,38H,1,7,9,11-15,17,19-20H2,2-3H3/t21-,23+,24-/m0/s1. The molecule has 2 saturated heterocycles. The predicted octanol–water partition coefficient (Wildman–Crippen LogP) is 4.30. The van der Waals surface area contributed by atoms with Gasteiger partial charge < -0.3 is 24.5 Å². The van der Waals surface area contributed by atoms with E-state index in [1.807, 2.05) is 23.1 Å². The van der Waals surface area contributed by atoms with Crippen LogP contribution in [-0.4, -0.2) is 82.7 Å². The number of hydrogen-bond acceptors (Lipinski definition) is 7. The van der Waals surface area contributed by atoms with Crippen LogP contribution in [0.5, 0.6) is 11.8 Å². The van der Waals surface area contributed by atoms with Crippen molar-refractivity contribution >= 4 is 22.5 Å². The van der Waals surface area contributed by atoms with Crippen molar-refractivity contribution in [3.05, 3.63) is 65.9 Å². The summed E-state index contributed by atoms with van der Waals surface area (Å²) in [5.74, 6) is 1.45. The van der Waals surface area contributed by atoms with Crippen molar-refractivity contribution in [3.63, 3.8) is 0 Å². The monoisotopic (exact) mass is 541 g/mol. The van der Waals surface area contributed by atoms with E-state index in [9.17, 15) is 9.90 Å². The van der Waals surface area contributed by atoms with Crippen LogP contribution in [0.2, 0.25) is 0 Å². The minimum Gasteiger partial charge on any atom is -0.508 e. The van der Waals surface area contributed by atoms with Crippen LogP contribution < -0.4 is 9.64 Å². The van der Waals surface area contributed by atoms with Gasteiger partial charge in [0.15, 0.2) is 0 Å².